The van der Waals surface area contributed by atoms with Gasteiger partial charge in [-0.1, -0.05) is 36.4 Å². The van der Waals surface area contributed by atoms with Gasteiger partial charge >= 0.3 is 5.97 Å². The number of carbonyl (C=O) groups is 1. The molecule has 3 aromatic rings. The molecule has 27 heavy (non-hydrogen) atoms. The van der Waals surface area contributed by atoms with Crippen LogP contribution in [0.4, 0.5) is 0 Å². The van der Waals surface area contributed by atoms with Gasteiger partial charge in [-0.15, -0.1) is 11.3 Å². The Morgan fingerprint density at radius 1 is 1.22 bits per heavy atom. The van der Waals surface area contributed by atoms with E-state index in [2.05, 4.69) is 0 Å². The van der Waals surface area contributed by atoms with E-state index in [4.69, 9.17) is 9.72 Å². The molecule has 2 heterocycles. The number of thiophene rings is 1. The van der Waals surface area contributed by atoms with Crippen molar-refractivity contribution in [2.75, 3.05) is 12.9 Å². The first kappa shape index (κ1) is 18.3. The normalized spacial score (nSPS) is 14.0. The van der Waals surface area contributed by atoms with Crippen molar-refractivity contribution < 1.29 is 9.53 Å². The number of aryl methyl sites for hydroxylation is 2. The molecule has 0 atom stereocenters. The molecule has 140 valence electrons. The van der Waals surface area contributed by atoms with E-state index in [1.54, 1.807) is 15.9 Å². The Balaban J connectivity index is 1.92. The van der Waals surface area contributed by atoms with Gasteiger partial charge < -0.3 is 4.74 Å². The fraction of sp³-hybridized carbons (Fsp3) is 0.350. The molecule has 0 saturated carbocycles. The molecule has 7 heteroatoms. The summed E-state index contributed by atoms with van der Waals surface area (Å²) < 4.78 is 6.38. The maximum Gasteiger partial charge on any atom is 0.316 e. The fourth-order valence-corrected chi connectivity index (χ4v) is 5.59. The summed E-state index contributed by atoms with van der Waals surface area (Å²) in [5.41, 5.74) is 1.90. The van der Waals surface area contributed by atoms with Crippen molar-refractivity contribution in [1.82, 2.24) is 9.55 Å². The van der Waals surface area contributed by atoms with Gasteiger partial charge in [-0.3, -0.25) is 14.2 Å². The number of rotatable bonds is 4. The number of para-hydroxylation sites is 1. The zero-order valence-electron chi connectivity index (χ0n) is 15.1. The van der Waals surface area contributed by atoms with Crippen molar-refractivity contribution in [2.24, 2.45) is 0 Å². The molecule has 2 aromatic heterocycles. The number of aromatic nitrogens is 2. The van der Waals surface area contributed by atoms with Gasteiger partial charge in [0, 0.05) is 4.88 Å². The molecule has 1 aliphatic rings. The number of esters is 1. The summed E-state index contributed by atoms with van der Waals surface area (Å²) in [5, 5.41) is 1.28. The number of hydrogen-bond acceptors (Lipinski definition) is 6. The molecule has 0 spiro atoms. The van der Waals surface area contributed by atoms with E-state index < -0.39 is 0 Å². The van der Waals surface area contributed by atoms with Crippen LogP contribution in [0.3, 0.4) is 0 Å². The van der Waals surface area contributed by atoms with E-state index >= 15 is 0 Å². The predicted molar refractivity (Wildman–Crippen MR) is 109 cm³/mol. The van der Waals surface area contributed by atoms with Crippen LogP contribution in [0.2, 0.25) is 0 Å². The lowest BCUT2D eigenvalue weighted by molar-refractivity contribution is -0.137. The third-order valence-corrected chi connectivity index (χ3v) is 6.87. The van der Waals surface area contributed by atoms with Gasteiger partial charge in [-0.05, 0) is 43.4 Å². The fourth-order valence-electron chi connectivity index (χ4n) is 3.45. The number of hydrogen-bond donors (Lipinski definition) is 0. The average molecular weight is 401 g/mol. The highest BCUT2D eigenvalue weighted by Crippen LogP contribution is 2.34. The van der Waals surface area contributed by atoms with E-state index in [-0.39, 0.29) is 17.3 Å². The van der Waals surface area contributed by atoms with Gasteiger partial charge in [0.2, 0.25) is 0 Å². The quantitative estimate of drug-likeness (QED) is 0.287. The van der Waals surface area contributed by atoms with Gasteiger partial charge in [0.25, 0.3) is 5.56 Å². The van der Waals surface area contributed by atoms with E-state index in [0.717, 1.165) is 41.6 Å². The van der Waals surface area contributed by atoms with Gasteiger partial charge in [-0.2, -0.15) is 0 Å². The van der Waals surface area contributed by atoms with Gasteiger partial charge in [0.15, 0.2) is 5.16 Å². The van der Waals surface area contributed by atoms with Crippen LogP contribution in [0, 0.1) is 0 Å². The van der Waals surface area contributed by atoms with E-state index in [9.17, 15) is 9.59 Å². The summed E-state index contributed by atoms with van der Waals surface area (Å²) in [6.45, 7) is 0. The highest BCUT2D eigenvalue weighted by molar-refractivity contribution is 7.99. The second-order valence-corrected chi connectivity index (χ2v) is 8.51. The number of methoxy groups -OCH3 is 1. The molecule has 0 aliphatic heterocycles. The topological polar surface area (TPSA) is 61.2 Å². The summed E-state index contributed by atoms with van der Waals surface area (Å²) in [6, 6.07) is 9.49. The lowest BCUT2D eigenvalue weighted by Gasteiger charge is -2.12. The van der Waals surface area contributed by atoms with Gasteiger partial charge in [0.05, 0.1) is 23.9 Å². The lowest BCUT2D eigenvalue weighted by Crippen LogP contribution is -2.22. The molecule has 0 fully saturated rings. The maximum absolute atomic E-state index is 13.5. The zero-order valence-corrected chi connectivity index (χ0v) is 16.7. The molecule has 0 bridgehead atoms. The molecule has 4 rings (SSSR count). The second kappa shape index (κ2) is 7.86. The molecule has 0 saturated heterocycles. The number of carbonyl (C=O) groups excluding carboxylic acids is 1. The van der Waals surface area contributed by atoms with Gasteiger partial charge in [-0.25, -0.2) is 4.98 Å². The third kappa shape index (κ3) is 3.53. The van der Waals surface area contributed by atoms with Crippen LogP contribution < -0.4 is 5.56 Å². The van der Waals surface area contributed by atoms with Crippen molar-refractivity contribution >= 4 is 39.3 Å². The number of ether oxygens (including phenoxy) is 1. The second-order valence-electron chi connectivity index (χ2n) is 6.48. The summed E-state index contributed by atoms with van der Waals surface area (Å²) in [6.07, 6.45) is 5.44. The van der Waals surface area contributed by atoms with E-state index in [1.165, 1.54) is 35.7 Å². The monoisotopic (exact) mass is 400 g/mol. The minimum absolute atomic E-state index is 0.0436. The minimum atomic E-state index is -0.337. The lowest BCUT2D eigenvalue weighted by atomic mass is 10.1. The molecule has 0 N–H and O–H groups in total. The highest BCUT2D eigenvalue weighted by atomic mass is 32.2. The number of nitrogens with zero attached hydrogens (tertiary/aromatic N) is 2. The maximum atomic E-state index is 13.5. The zero-order chi connectivity index (χ0) is 18.8. The van der Waals surface area contributed by atoms with Crippen LogP contribution in [-0.2, 0) is 22.4 Å². The smallest absolute Gasteiger partial charge is 0.316 e. The molecular formula is C20H20N2O3S2. The van der Waals surface area contributed by atoms with Crippen LogP contribution in [0.1, 0.15) is 29.7 Å². The molecule has 0 radical (unpaired) electrons. The van der Waals surface area contributed by atoms with Crippen LogP contribution in [0.15, 0.2) is 40.3 Å². The summed E-state index contributed by atoms with van der Waals surface area (Å²) in [5.74, 6) is -0.220. The molecule has 0 amide bonds. The third-order valence-electron chi connectivity index (χ3n) is 4.77. The van der Waals surface area contributed by atoms with Crippen LogP contribution in [0.5, 0.6) is 0 Å². The van der Waals surface area contributed by atoms with Crippen molar-refractivity contribution in [3.05, 3.63) is 51.1 Å². The Morgan fingerprint density at radius 3 is 2.78 bits per heavy atom. The number of benzene rings is 1. The Labute approximate surface area is 165 Å². The van der Waals surface area contributed by atoms with Crippen molar-refractivity contribution in [3.8, 4) is 5.69 Å². The Kier molecular flexibility index (Phi) is 5.31. The summed E-state index contributed by atoms with van der Waals surface area (Å²) >= 11 is 2.87. The summed E-state index contributed by atoms with van der Waals surface area (Å²) in [4.78, 5) is 32.0. The molecular weight excluding hydrogens is 380 g/mol. The number of fused-ring (bicyclic) bond motifs is 3. The summed E-state index contributed by atoms with van der Waals surface area (Å²) in [7, 11) is 1.36. The Bertz CT molecular complexity index is 1040. The highest BCUT2D eigenvalue weighted by Gasteiger charge is 2.22. The van der Waals surface area contributed by atoms with Crippen LogP contribution >= 0.6 is 23.1 Å². The molecule has 0 unspecified atom stereocenters. The van der Waals surface area contributed by atoms with Gasteiger partial charge in [0.1, 0.15) is 4.83 Å². The first-order valence-corrected chi connectivity index (χ1v) is 10.8. The first-order valence-electron chi connectivity index (χ1n) is 9.01. The molecule has 1 aromatic carbocycles. The Morgan fingerprint density at radius 2 is 2.00 bits per heavy atom. The molecule has 1 aliphatic carbocycles. The SMILES string of the molecule is COC(=O)CSc1nc2sc3c(c2c(=O)n1-c1ccccc1)CCCCC3. The minimum Gasteiger partial charge on any atom is -0.468 e. The standard InChI is InChI=1S/C20H20N2O3S2/c1-25-16(23)12-26-20-21-18-17(14-10-6-3-7-11-15(14)27-18)19(24)22(20)13-8-4-2-5-9-13/h2,4-5,8-9H,3,6-7,10-12H2,1H3. The van der Waals surface area contributed by atoms with Crippen molar-refractivity contribution in [3.63, 3.8) is 0 Å². The van der Waals surface area contributed by atoms with Crippen LogP contribution in [0.25, 0.3) is 15.9 Å². The van der Waals surface area contributed by atoms with Crippen molar-refractivity contribution in [1.29, 1.82) is 0 Å². The average Bonchev–Trinajstić information content (AvgIpc) is 2.88. The molecule has 5 nitrogen and oxygen atoms in total. The van der Waals surface area contributed by atoms with Crippen LogP contribution in [-0.4, -0.2) is 28.4 Å². The van der Waals surface area contributed by atoms with E-state index in [0.29, 0.717) is 5.16 Å². The van der Waals surface area contributed by atoms with E-state index in [1.807, 2.05) is 30.3 Å². The Hall–Kier alpha value is -2.12. The largest absolute Gasteiger partial charge is 0.468 e. The first-order chi connectivity index (χ1) is 13.2. The van der Waals surface area contributed by atoms with Crippen molar-refractivity contribution in [2.45, 2.75) is 37.3 Å². The number of thioether (sulfide) groups is 1. The predicted octanol–water partition coefficient (Wildman–Crippen LogP) is 3.98.